The number of anilines is 3. The molecule has 0 aliphatic carbocycles. The second-order valence-electron chi connectivity index (χ2n) is 9.13. The van der Waals surface area contributed by atoms with Crippen molar-refractivity contribution in [2.24, 2.45) is 0 Å². The van der Waals surface area contributed by atoms with Gasteiger partial charge in [0.2, 0.25) is 0 Å². The maximum Gasteiger partial charge on any atom is 0.323 e. The van der Waals surface area contributed by atoms with Crippen LogP contribution in [0.25, 0.3) is 0 Å². The van der Waals surface area contributed by atoms with Gasteiger partial charge in [-0.3, -0.25) is 4.79 Å². The number of urea groups is 1. The van der Waals surface area contributed by atoms with Crippen LogP contribution < -0.4 is 20.9 Å². The number of carbonyl (C=O) groups is 2. The average molecular weight is 451 g/mol. The van der Waals surface area contributed by atoms with Crippen LogP contribution in [0.15, 0.2) is 42.5 Å². The van der Waals surface area contributed by atoms with E-state index < -0.39 is 0 Å². The SMILES string of the molecule is CC(C)c1ccc(NC(=O)Nc2ccc(N3CCCC3)c(C(=O)NCC3CCCO3)c2)cc1. The molecule has 2 aromatic rings. The topological polar surface area (TPSA) is 82.7 Å². The van der Waals surface area contributed by atoms with Gasteiger partial charge in [-0.2, -0.15) is 0 Å². The Balaban J connectivity index is 1.45. The fourth-order valence-corrected chi connectivity index (χ4v) is 4.38. The molecule has 1 unspecified atom stereocenters. The van der Waals surface area contributed by atoms with Crippen molar-refractivity contribution in [2.45, 2.75) is 51.6 Å². The van der Waals surface area contributed by atoms with Gasteiger partial charge in [0.25, 0.3) is 5.91 Å². The fraction of sp³-hybridized carbons (Fsp3) is 0.462. The predicted molar refractivity (Wildman–Crippen MR) is 132 cm³/mol. The van der Waals surface area contributed by atoms with Crippen LogP contribution in [0.2, 0.25) is 0 Å². The highest BCUT2D eigenvalue weighted by Crippen LogP contribution is 2.28. The number of benzene rings is 2. The van der Waals surface area contributed by atoms with Gasteiger partial charge in [-0.1, -0.05) is 26.0 Å². The highest BCUT2D eigenvalue weighted by molar-refractivity contribution is 6.04. The minimum Gasteiger partial charge on any atom is -0.376 e. The van der Waals surface area contributed by atoms with E-state index in [0.717, 1.165) is 56.8 Å². The third-order valence-corrected chi connectivity index (χ3v) is 6.30. The van der Waals surface area contributed by atoms with Crippen LogP contribution in [0.5, 0.6) is 0 Å². The minimum absolute atomic E-state index is 0.0818. The van der Waals surface area contributed by atoms with Gasteiger partial charge in [-0.15, -0.1) is 0 Å². The van der Waals surface area contributed by atoms with Crippen molar-refractivity contribution in [1.29, 1.82) is 0 Å². The molecule has 1 atom stereocenters. The molecular weight excluding hydrogens is 416 g/mol. The molecule has 0 aromatic heterocycles. The van der Waals surface area contributed by atoms with E-state index in [1.165, 1.54) is 5.56 Å². The highest BCUT2D eigenvalue weighted by atomic mass is 16.5. The van der Waals surface area contributed by atoms with Crippen LogP contribution in [0, 0.1) is 0 Å². The van der Waals surface area contributed by atoms with E-state index in [-0.39, 0.29) is 18.0 Å². The number of rotatable bonds is 7. The lowest BCUT2D eigenvalue weighted by molar-refractivity contribution is 0.0858. The van der Waals surface area contributed by atoms with Gasteiger partial charge >= 0.3 is 6.03 Å². The van der Waals surface area contributed by atoms with Crippen LogP contribution in [0.1, 0.15) is 61.4 Å². The van der Waals surface area contributed by atoms with Gasteiger partial charge in [-0.25, -0.2) is 4.79 Å². The zero-order chi connectivity index (χ0) is 23.2. The minimum atomic E-state index is -0.341. The quantitative estimate of drug-likeness (QED) is 0.557. The van der Waals surface area contributed by atoms with E-state index >= 15 is 0 Å². The van der Waals surface area contributed by atoms with Crippen molar-refractivity contribution in [2.75, 3.05) is 41.8 Å². The first-order valence-corrected chi connectivity index (χ1v) is 12.0. The molecule has 2 aliphatic heterocycles. The van der Waals surface area contributed by atoms with Gasteiger partial charge in [0, 0.05) is 43.3 Å². The van der Waals surface area contributed by atoms with E-state index in [0.29, 0.717) is 23.7 Å². The smallest absolute Gasteiger partial charge is 0.323 e. The summed E-state index contributed by atoms with van der Waals surface area (Å²) in [4.78, 5) is 27.9. The Hall–Kier alpha value is -3.06. The van der Waals surface area contributed by atoms with Crippen molar-refractivity contribution in [1.82, 2.24) is 5.32 Å². The first-order chi connectivity index (χ1) is 16.0. The second kappa shape index (κ2) is 10.7. The van der Waals surface area contributed by atoms with Gasteiger partial charge in [-0.05, 0) is 67.5 Å². The van der Waals surface area contributed by atoms with E-state index in [2.05, 4.69) is 34.7 Å². The van der Waals surface area contributed by atoms with Crippen LogP contribution in [0.4, 0.5) is 21.9 Å². The molecule has 0 bridgehead atoms. The first kappa shape index (κ1) is 23.1. The molecule has 7 heteroatoms. The Bertz CT molecular complexity index is 962. The number of ether oxygens (including phenoxy) is 1. The Labute approximate surface area is 195 Å². The van der Waals surface area contributed by atoms with Crippen molar-refractivity contribution in [3.05, 3.63) is 53.6 Å². The van der Waals surface area contributed by atoms with Gasteiger partial charge < -0.3 is 25.6 Å². The molecule has 4 rings (SSSR count). The van der Waals surface area contributed by atoms with Crippen molar-refractivity contribution >= 4 is 29.0 Å². The standard InChI is InChI=1S/C26H34N4O3/c1-18(2)19-7-9-20(10-8-19)28-26(32)29-21-11-12-24(30-13-3-4-14-30)23(16-21)25(31)27-17-22-6-5-15-33-22/h7-12,16,18,22H,3-6,13-15,17H2,1-2H3,(H,27,31)(H2,28,29,32). The fourth-order valence-electron chi connectivity index (χ4n) is 4.38. The van der Waals surface area contributed by atoms with Crippen LogP contribution in [-0.2, 0) is 4.74 Å². The van der Waals surface area contributed by atoms with Crippen LogP contribution >= 0.6 is 0 Å². The van der Waals surface area contributed by atoms with Gasteiger partial charge in [0.05, 0.1) is 11.7 Å². The lowest BCUT2D eigenvalue weighted by Crippen LogP contribution is -2.33. The van der Waals surface area contributed by atoms with Crippen molar-refractivity contribution in [3.8, 4) is 0 Å². The maximum atomic E-state index is 13.1. The summed E-state index contributed by atoms with van der Waals surface area (Å²) < 4.78 is 5.63. The Morgan fingerprint density at radius 3 is 2.36 bits per heavy atom. The normalized spacial score (nSPS) is 17.9. The van der Waals surface area contributed by atoms with Gasteiger partial charge in [0.1, 0.15) is 0 Å². The summed E-state index contributed by atoms with van der Waals surface area (Å²) in [5.41, 5.74) is 4.01. The summed E-state index contributed by atoms with van der Waals surface area (Å²) in [7, 11) is 0. The van der Waals surface area contributed by atoms with Crippen molar-refractivity contribution in [3.63, 3.8) is 0 Å². The van der Waals surface area contributed by atoms with Crippen molar-refractivity contribution < 1.29 is 14.3 Å². The molecule has 176 valence electrons. The van der Waals surface area contributed by atoms with E-state index in [9.17, 15) is 9.59 Å². The molecule has 2 saturated heterocycles. The molecule has 2 heterocycles. The Morgan fingerprint density at radius 1 is 1.00 bits per heavy atom. The molecule has 7 nitrogen and oxygen atoms in total. The number of hydrogen-bond acceptors (Lipinski definition) is 4. The molecule has 0 spiro atoms. The first-order valence-electron chi connectivity index (χ1n) is 12.0. The van der Waals surface area contributed by atoms with Crippen LogP contribution in [-0.4, -0.2) is 44.3 Å². The number of hydrogen-bond donors (Lipinski definition) is 3. The molecular formula is C26H34N4O3. The lowest BCUT2D eigenvalue weighted by Gasteiger charge is -2.22. The van der Waals surface area contributed by atoms with E-state index in [1.54, 1.807) is 6.07 Å². The second-order valence-corrected chi connectivity index (χ2v) is 9.13. The molecule has 2 aromatic carbocycles. The maximum absolute atomic E-state index is 13.1. The molecule has 2 aliphatic rings. The predicted octanol–water partition coefficient (Wildman–Crippen LogP) is 4.96. The van der Waals surface area contributed by atoms with Gasteiger partial charge in [0.15, 0.2) is 0 Å². The molecule has 2 fully saturated rings. The third-order valence-electron chi connectivity index (χ3n) is 6.30. The molecule has 33 heavy (non-hydrogen) atoms. The Kier molecular flexibility index (Phi) is 7.50. The number of nitrogens with zero attached hydrogens (tertiary/aromatic N) is 1. The Morgan fingerprint density at radius 2 is 1.70 bits per heavy atom. The summed E-state index contributed by atoms with van der Waals surface area (Å²) >= 11 is 0. The summed E-state index contributed by atoms with van der Waals surface area (Å²) in [5.74, 6) is 0.299. The highest BCUT2D eigenvalue weighted by Gasteiger charge is 2.22. The molecule has 3 amide bonds. The lowest BCUT2D eigenvalue weighted by atomic mass is 10.0. The number of nitrogens with one attached hydrogen (secondary N) is 3. The molecule has 3 N–H and O–H groups in total. The summed E-state index contributed by atoms with van der Waals surface area (Å²) in [6.45, 7) is 7.40. The average Bonchev–Trinajstić information content (AvgIpc) is 3.52. The zero-order valence-corrected chi connectivity index (χ0v) is 19.5. The monoisotopic (exact) mass is 450 g/mol. The zero-order valence-electron chi connectivity index (χ0n) is 19.5. The summed E-state index contributed by atoms with van der Waals surface area (Å²) in [5, 5.41) is 8.74. The number of amides is 3. The summed E-state index contributed by atoms with van der Waals surface area (Å²) in [6, 6.07) is 13.0. The largest absolute Gasteiger partial charge is 0.376 e. The molecule has 0 radical (unpaired) electrons. The molecule has 0 saturated carbocycles. The third kappa shape index (κ3) is 6.05. The van der Waals surface area contributed by atoms with E-state index in [1.807, 2.05) is 36.4 Å². The van der Waals surface area contributed by atoms with E-state index in [4.69, 9.17) is 4.74 Å². The van der Waals surface area contributed by atoms with Crippen LogP contribution in [0.3, 0.4) is 0 Å². The summed E-state index contributed by atoms with van der Waals surface area (Å²) in [6.07, 6.45) is 4.33. The number of carbonyl (C=O) groups excluding carboxylic acids is 2.